The van der Waals surface area contributed by atoms with Crippen molar-refractivity contribution in [2.45, 2.75) is 10.1 Å². The zero-order chi connectivity index (χ0) is 17.1. The Morgan fingerprint density at radius 3 is 2.48 bits per heavy atom. The van der Waals surface area contributed by atoms with Crippen molar-refractivity contribution in [3.8, 4) is 0 Å². The van der Waals surface area contributed by atoms with Gasteiger partial charge in [-0.1, -0.05) is 42.5 Å². The van der Waals surface area contributed by atoms with Gasteiger partial charge in [0.05, 0.1) is 5.69 Å². The maximum atomic E-state index is 4.84. The van der Waals surface area contributed by atoms with Crippen LogP contribution in [0.1, 0.15) is 10.8 Å². The van der Waals surface area contributed by atoms with E-state index < -0.39 is 0 Å². The van der Waals surface area contributed by atoms with E-state index in [0.717, 1.165) is 38.4 Å². The Morgan fingerprint density at radius 1 is 0.960 bits per heavy atom. The van der Waals surface area contributed by atoms with Gasteiger partial charge in [-0.2, -0.15) is 0 Å². The van der Waals surface area contributed by atoms with E-state index in [1.165, 1.54) is 10.5 Å². The summed E-state index contributed by atoms with van der Waals surface area (Å²) < 4.78 is 0. The van der Waals surface area contributed by atoms with Gasteiger partial charge in [-0.25, -0.2) is 0 Å². The lowest BCUT2D eigenvalue weighted by Gasteiger charge is -2.35. The van der Waals surface area contributed by atoms with Crippen molar-refractivity contribution in [1.82, 2.24) is 9.80 Å². The molecule has 4 rings (SSSR count). The van der Waals surface area contributed by atoms with Crippen LogP contribution in [0.2, 0.25) is 0 Å². The Bertz CT molecular complexity index is 723. The van der Waals surface area contributed by atoms with Gasteiger partial charge in [0.25, 0.3) is 0 Å². The number of rotatable bonds is 3. The van der Waals surface area contributed by atoms with Crippen LogP contribution in [0.3, 0.4) is 0 Å². The summed E-state index contributed by atoms with van der Waals surface area (Å²) in [5.74, 6) is 0.420. The molecule has 2 aliphatic rings. The fourth-order valence-electron chi connectivity index (χ4n) is 3.57. The van der Waals surface area contributed by atoms with E-state index in [1.807, 2.05) is 11.8 Å². The maximum absolute atomic E-state index is 4.84. The van der Waals surface area contributed by atoms with E-state index in [2.05, 4.69) is 77.7 Å². The van der Waals surface area contributed by atoms with Crippen LogP contribution in [0, 0.1) is 5.92 Å². The molecule has 2 heterocycles. The third kappa shape index (κ3) is 3.97. The van der Waals surface area contributed by atoms with Gasteiger partial charge in [-0.3, -0.25) is 4.99 Å². The molecule has 0 spiro atoms. The first-order chi connectivity index (χ1) is 12.3. The average Bonchev–Trinajstić information content (AvgIpc) is 2.84. The van der Waals surface area contributed by atoms with Crippen LogP contribution in [-0.2, 0) is 0 Å². The molecule has 0 saturated carbocycles. The first-order valence-corrected chi connectivity index (χ1v) is 9.93. The van der Waals surface area contributed by atoms with Crippen molar-refractivity contribution in [3.63, 3.8) is 0 Å². The molecule has 1 saturated heterocycles. The number of nitrogens with zero attached hydrogens (tertiary/aromatic N) is 3. The highest BCUT2D eigenvalue weighted by atomic mass is 32.2. The minimum Gasteiger partial charge on any atom is -0.304 e. The first kappa shape index (κ1) is 16.8. The van der Waals surface area contributed by atoms with Crippen molar-refractivity contribution in [1.29, 1.82) is 0 Å². The van der Waals surface area contributed by atoms with Crippen LogP contribution in [0.4, 0.5) is 5.69 Å². The maximum Gasteiger partial charge on any atom is 0.0761 e. The Hall–Kier alpha value is -1.62. The fourth-order valence-corrected chi connectivity index (χ4v) is 4.87. The lowest BCUT2D eigenvalue weighted by molar-refractivity contribution is 0.146. The van der Waals surface area contributed by atoms with Crippen LogP contribution in [0.5, 0.6) is 0 Å². The van der Waals surface area contributed by atoms with Gasteiger partial charge >= 0.3 is 0 Å². The monoisotopic (exact) mass is 351 g/mol. The third-order valence-electron chi connectivity index (χ3n) is 5.11. The average molecular weight is 352 g/mol. The standard InChI is InChI=1S/C21H25N3S/c1-23-11-13-24(14-12-23)16-18-15-22-19-9-5-6-10-20(19)25-21(18)17-7-3-2-4-8-17/h2-10,15,18,21H,11-14,16H2,1H3. The van der Waals surface area contributed by atoms with Gasteiger partial charge in [0.2, 0.25) is 0 Å². The number of thioether (sulfide) groups is 1. The Labute approximate surface area is 154 Å². The number of hydrogen-bond acceptors (Lipinski definition) is 4. The second-order valence-electron chi connectivity index (χ2n) is 6.96. The quantitative estimate of drug-likeness (QED) is 0.830. The van der Waals surface area contributed by atoms with Gasteiger partial charge in [-0.15, -0.1) is 11.8 Å². The molecule has 1 fully saturated rings. The van der Waals surface area contributed by atoms with E-state index in [0.29, 0.717) is 11.2 Å². The molecule has 0 bridgehead atoms. The number of aliphatic imine (C=N–C) groups is 1. The minimum absolute atomic E-state index is 0.410. The van der Waals surface area contributed by atoms with Gasteiger partial charge in [0.1, 0.15) is 0 Å². The lowest BCUT2D eigenvalue weighted by atomic mass is 9.98. The SMILES string of the molecule is CN1CCN(CC2C=Nc3ccccc3SC2c2ccccc2)CC1. The molecule has 0 amide bonds. The van der Waals surface area contributed by atoms with Crippen LogP contribution in [0.25, 0.3) is 0 Å². The molecule has 0 N–H and O–H groups in total. The Morgan fingerprint density at radius 2 is 1.68 bits per heavy atom. The number of benzene rings is 2. The zero-order valence-corrected chi connectivity index (χ0v) is 15.5. The highest BCUT2D eigenvalue weighted by Crippen LogP contribution is 2.46. The van der Waals surface area contributed by atoms with Gasteiger partial charge in [-0.05, 0) is 24.7 Å². The van der Waals surface area contributed by atoms with Crippen molar-refractivity contribution in [2.24, 2.45) is 10.9 Å². The van der Waals surface area contributed by atoms with Crippen LogP contribution in [0.15, 0.2) is 64.5 Å². The van der Waals surface area contributed by atoms with Gasteiger partial charge < -0.3 is 9.80 Å². The van der Waals surface area contributed by atoms with Gasteiger partial charge in [0.15, 0.2) is 0 Å². The van der Waals surface area contributed by atoms with E-state index in [9.17, 15) is 0 Å². The first-order valence-electron chi connectivity index (χ1n) is 9.05. The molecule has 25 heavy (non-hydrogen) atoms. The second kappa shape index (κ2) is 7.73. The van der Waals surface area contributed by atoms with Crippen LogP contribution >= 0.6 is 11.8 Å². The Balaban J connectivity index is 1.60. The molecule has 0 aliphatic carbocycles. The topological polar surface area (TPSA) is 18.8 Å². The molecule has 3 nitrogen and oxygen atoms in total. The molecular formula is C21H25N3S. The summed E-state index contributed by atoms with van der Waals surface area (Å²) in [6.07, 6.45) is 2.20. The lowest BCUT2D eigenvalue weighted by Crippen LogP contribution is -2.46. The molecule has 4 heteroatoms. The molecule has 2 aromatic rings. The number of para-hydroxylation sites is 1. The third-order valence-corrected chi connectivity index (χ3v) is 6.58. The molecule has 130 valence electrons. The molecule has 2 aromatic carbocycles. The van der Waals surface area contributed by atoms with E-state index in [4.69, 9.17) is 4.99 Å². The summed E-state index contributed by atoms with van der Waals surface area (Å²) in [6, 6.07) is 19.4. The predicted octanol–water partition coefficient (Wildman–Crippen LogP) is 4.10. The molecule has 0 radical (unpaired) electrons. The smallest absolute Gasteiger partial charge is 0.0761 e. The van der Waals surface area contributed by atoms with Crippen molar-refractivity contribution >= 4 is 23.7 Å². The summed E-state index contributed by atoms with van der Waals surface area (Å²) in [5.41, 5.74) is 2.50. The van der Waals surface area contributed by atoms with Crippen LogP contribution in [-0.4, -0.2) is 55.8 Å². The van der Waals surface area contributed by atoms with E-state index in [1.54, 1.807) is 0 Å². The predicted molar refractivity (Wildman–Crippen MR) is 107 cm³/mol. The van der Waals surface area contributed by atoms with Crippen LogP contribution < -0.4 is 0 Å². The molecule has 2 unspecified atom stereocenters. The number of fused-ring (bicyclic) bond motifs is 1. The fraction of sp³-hybridized carbons (Fsp3) is 0.381. The normalized spacial score (nSPS) is 24.7. The summed E-state index contributed by atoms with van der Waals surface area (Å²) in [7, 11) is 2.21. The molecule has 0 aromatic heterocycles. The van der Waals surface area contributed by atoms with Crippen molar-refractivity contribution < 1.29 is 0 Å². The highest BCUT2D eigenvalue weighted by molar-refractivity contribution is 7.99. The molecular weight excluding hydrogens is 326 g/mol. The highest BCUT2D eigenvalue weighted by Gasteiger charge is 2.28. The minimum atomic E-state index is 0.410. The largest absolute Gasteiger partial charge is 0.304 e. The Kier molecular flexibility index (Phi) is 5.20. The molecule has 2 atom stereocenters. The van der Waals surface area contributed by atoms with Gasteiger partial charge in [0, 0.05) is 55.0 Å². The van der Waals surface area contributed by atoms with E-state index >= 15 is 0 Å². The molecule has 2 aliphatic heterocycles. The van der Waals surface area contributed by atoms with Crippen molar-refractivity contribution in [2.75, 3.05) is 39.8 Å². The second-order valence-corrected chi connectivity index (χ2v) is 8.15. The summed E-state index contributed by atoms with van der Waals surface area (Å²) in [6.45, 7) is 5.71. The number of likely N-dealkylation sites (N-methyl/N-ethyl adjacent to an activating group) is 1. The summed E-state index contributed by atoms with van der Waals surface area (Å²) in [4.78, 5) is 11.1. The number of piperazine rings is 1. The van der Waals surface area contributed by atoms with Crippen molar-refractivity contribution in [3.05, 3.63) is 60.2 Å². The zero-order valence-electron chi connectivity index (χ0n) is 14.7. The summed E-state index contributed by atoms with van der Waals surface area (Å²) >= 11 is 1.97. The van der Waals surface area contributed by atoms with E-state index in [-0.39, 0.29) is 0 Å². The number of hydrogen-bond donors (Lipinski definition) is 0. The summed E-state index contributed by atoms with van der Waals surface area (Å²) in [5, 5.41) is 0.410.